The molecule has 8 nitrogen and oxygen atoms in total. The molecule has 2 aromatic carbocycles. The van der Waals surface area contributed by atoms with Crippen LogP contribution in [0.25, 0.3) is 27.8 Å². The van der Waals surface area contributed by atoms with Crippen LogP contribution in [0.1, 0.15) is 26.3 Å². The minimum absolute atomic E-state index is 0.0915. The van der Waals surface area contributed by atoms with E-state index in [0.717, 1.165) is 24.0 Å². The number of halogens is 2. The average Bonchev–Trinajstić information content (AvgIpc) is 3.50. The second-order valence-electron chi connectivity index (χ2n) is 10.4. The zero-order chi connectivity index (χ0) is 26.6. The summed E-state index contributed by atoms with van der Waals surface area (Å²) in [5.41, 5.74) is 4.14. The van der Waals surface area contributed by atoms with Crippen LogP contribution in [0.3, 0.4) is 0 Å². The van der Waals surface area contributed by atoms with Gasteiger partial charge in [0, 0.05) is 52.8 Å². The predicted molar refractivity (Wildman–Crippen MR) is 152 cm³/mol. The van der Waals surface area contributed by atoms with Gasteiger partial charge < -0.3 is 15.4 Å². The number of carbonyl (C=O) groups is 1. The third-order valence-electron chi connectivity index (χ3n) is 6.46. The Bertz CT molecular complexity index is 1700. The first kappa shape index (κ1) is 24.6. The van der Waals surface area contributed by atoms with Crippen LogP contribution in [0, 0.1) is 0 Å². The number of fused-ring (bicyclic) bond motifs is 3. The molecule has 2 N–H and O–H groups in total. The fourth-order valence-corrected chi connectivity index (χ4v) is 5.26. The molecule has 0 aliphatic carbocycles. The summed E-state index contributed by atoms with van der Waals surface area (Å²) in [5.74, 6) is 0.604. The fraction of sp³-hybridized carbons (Fsp3) is 0.250. The van der Waals surface area contributed by atoms with Crippen LogP contribution >= 0.6 is 23.2 Å². The molecule has 0 radical (unpaired) electrons. The first-order valence-corrected chi connectivity index (χ1v) is 13.1. The lowest BCUT2D eigenvalue weighted by Gasteiger charge is -2.27. The summed E-state index contributed by atoms with van der Waals surface area (Å²) in [6.45, 7) is 6.21. The third-order valence-corrected chi connectivity index (χ3v) is 7.06. The van der Waals surface area contributed by atoms with Crippen LogP contribution in [-0.2, 0) is 11.2 Å². The number of hydrogen-bond donors (Lipinski definition) is 2. The van der Waals surface area contributed by atoms with Gasteiger partial charge in [-0.05, 0) is 51.0 Å². The molecule has 0 fully saturated rings. The maximum atomic E-state index is 13.1. The molecule has 38 heavy (non-hydrogen) atoms. The highest BCUT2D eigenvalue weighted by atomic mass is 35.5. The number of hydrogen-bond acceptors (Lipinski definition) is 6. The van der Waals surface area contributed by atoms with Crippen molar-refractivity contribution >= 4 is 57.4 Å². The summed E-state index contributed by atoms with van der Waals surface area (Å²) in [6, 6.07) is 13.7. The number of nitrogens with one attached hydrogen (secondary N) is 2. The van der Waals surface area contributed by atoms with E-state index in [-0.39, 0.29) is 6.04 Å². The minimum Gasteiger partial charge on any atom is -0.443 e. The quantitative estimate of drug-likeness (QED) is 0.255. The van der Waals surface area contributed by atoms with Crippen molar-refractivity contribution in [3.05, 3.63) is 76.8 Å². The van der Waals surface area contributed by atoms with Crippen molar-refractivity contribution in [2.45, 2.75) is 38.8 Å². The van der Waals surface area contributed by atoms with E-state index in [1.165, 1.54) is 10.1 Å². The monoisotopic (exact) mass is 548 g/mol. The Balaban J connectivity index is 1.46. The second-order valence-corrected chi connectivity index (χ2v) is 11.2. The van der Waals surface area contributed by atoms with E-state index in [4.69, 9.17) is 32.9 Å². The number of anilines is 2. The first-order chi connectivity index (χ1) is 18.2. The zero-order valence-electron chi connectivity index (χ0n) is 21.1. The van der Waals surface area contributed by atoms with Crippen molar-refractivity contribution in [2.75, 3.05) is 17.2 Å². The van der Waals surface area contributed by atoms with Gasteiger partial charge in [0.15, 0.2) is 11.5 Å². The number of para-hydroxylation sites is 1. The van der Waals surface area contributed by atoms with Gasteiger partial charge in [0.05, 0.1) is 5.52 Å². The van der Waals surface area contributed by atoms with E-state index < -0.39 is 11.7 Å². The van der Waals surface area contributed by atoms with E-state index in [1.807, 2.05) is 39.0 Å². The van der Waals surface area contributed by atoms with Gasteiger partial charge in [0.2, 0.25) is 0 Å². The van der Waals surface area contributed by atoms with Crippen molar-refractivity contribution in [1.29, 1.82) is 0 Å². The van der Waals surface area contributed by atoms with E-state index in [2.05, 4.69) is 27.8 Å². The number of rotatable bonds is 3. The molecule has 4 heterocycles. The van der Waals surface area contributed by atoms with Crippen molar-refractivity contribution in [1.82, 2.24) is 18.9 Å². The third kappa shape index (κ3) is 4.44. The van der Waals surface area contributed by atoms with Gasteiger partial charge in [-0.2, -0.15) is 0 Å². The zero-order valence-corrected chi connectivity index (χ0v) is 22.6. The van der Waals surface area contributed by atoms with Gasteiger partial charge in [-0.15, -0.1) is 0 Å². The maximum absolute atomic E-state index is 13.1. The van der Waals surface area contributed by atoms with Crippen LogP contribution in [0.15, 0.2) is 61.1 Å². The molecule has 1 aliphatic rings. The van der Waals surface area contributed by atoms with Crippen molar-refractivity contribution < 1.29 is 9.53 Å². The Morgan fingerprint density at radius 2 is 2.00 bits per heavy atom. The van der Waals surface area contributed by atoms with Crippen LogP contribution < -0.4 is 10.6 Å². The molecule has 1 unspecified atom stereocenters. The molecule has 5 aromatic rings. The molecule has 0 spiro atoms. The number of imidazole rings is 1. The van der Waals surface area contributed by atoms with Crippen molar-refractivity contribution in [3.63, 3.8) is 0 Å². The standard InChI is InChI=1S/C28H26Cl2N6O2/c1-28(2,3)38-27(37)36-15-20(19-9-8-17(29)13-22(19)36)23-24(30)35-11-10-31-26(35)25(34-23)33-18-12-16-6-4-5-7-21(16)32-14-18/h4-11,13,15,18,32H,12,14H2,1-3H3,(H,33,34). The number of aromatic nitrogens is 4. The molecule has 3 aromatic heterocycles. The maximum Gasteiger partial charge on any atom is 0.419 e. The topological polar surface area (TPSA) is 85.5 Å². The Kier molecular flexibility index (Phi) is 5.96. The number of benzene rings is 2. The summed E-state index contributed by atoms with van der Waals surface area (Å²) < 4.78 is 8.90. The van der Waals surface area contributed by atoms with E-state index in [9.17, 15) is 4.79 Å². The summed E-state index contributed by atoms with van der Waals surface area (Å²) in [4.78, 5) is 22.6. The van der Waals surface area contributed by atoms with Crippen LogP contribution in [-0.4, -0.2) is 43.2 Å². The molecule has 0 bridgehead atoms. The lowest BCUT2D eigenvalue weighted by molar-refractivity contribution is 0.0544. The molecule has 1 atom stereocenters. The van der Waals surface area contributed by atoms with Crippen LogP contribution in [0.2, 0.25) is 10.2 Å². The van der Waals surface area contributed by atoms with Gasteiger partial charge >= 0.3 is 6.09 Å². The van der Waals surface area contributed by atoms with E-state index in [0.29, 0.717) is 38.4 Å². The summed E-state index contributed by atoms with van der Waals surface area (Å²) in [6.07, 6.45) is 5.52. The molecule has 1 aliphatic heterocycles. The smallest absolute Gasteiger partial charge is 0.419 e. The molecule has 6 rings (SSSR count). The average molecular weight is 549 g/mol. The number of nitrogens with zero attached hydrogens (tertiary/aromatic N) is 4. The largest absolute Gasteiger partial charge is 0.443 e. The molecule has 0 saturated carbocycles. The van der Waals surface area contributed by atoms with Crippen molar-refractivity contribution in [3.8, 4) is 11.3 Å². The minimum atomic E-state index is -0.665. The van der Waals surface area contributed by atoms with Crippen molar-refractivity contribution in [2.24, 2.45) is 0 Å². The van der Waals surface area contributed by atoms with Crippen LogP contribution in [0.4, 0.5) is 16.3 Å². The molecule has 10 heteroatoms. The fourth-order valence-electron chi connectivity index (χ4n) is 4.82. The second kappa shape index (κ2) is 9.22. The van der Waals surface area contributed by atoms with Crippen LogP contribution in [0.5, 0.6) is 0 Å². The van der Waals surface area contributed by atoms with Gasteiger partial charge in [0.25, 0.3) is 0 Å². The highest BCUT2D eigenvalue weighted by Gasteiger charge is 2.25. The molecular formula is C28H26Cl2N6O2. The highest BCUT2D eigenvalue weighted by Crippen LogP contribution is 2.37. The van der Waals surface area contributed by atoms with E-state index in [1.54, 1.807) is 35.1 Å². The number of ether oxygens (including phenoxy) is 1. The Morgan fingerprint density at radius 1 is 1.18 bits per heavy atom. The van der Waals surface area contributed by atoms with E-state index >= 15 is 0 Å². The number of carbonyl (C=O) groups excluding carboxylic acids is 1. The van der Waals surface area contributed by atoms with Gasteiger partial charge in [-0.25, -0.2) is 14.8 Å². The predicted octanol–water partition coefficient (Wildman–Crippen LogP) is 6.89. The summed E-state index contributed by atoms with van der Waals surface area (Å²) in [7, 11) is 0. The molecular weight excluding hydrogens is 523 g/mol. The lowest BCUT2D eigenvalue weighted by Crippen LogP contribution is -2.35. The Labute approximate surface area is 229 Å². The SMILES string of the molecule is CC(C)(C)OC(=O)n1cc(-c2nc(NC3CNc4ccccc4C3)c3nccn3c2Cl)c2ccc(Cl)cc21. The van der Waals surface area contributed by atoms with Gasteiger partial charge in [-0.1, -0.05) is 47.5 Å². The molecule has 194 valence electrons. The highest BCUT2D eigenvalue weighted by molar-refractivity contribution is 6.33. The van der Waals surface area contributed by atoms with Gasteiger partial charge in [0.1, 0.15) is 16.4 Å². The molecule has 0 amide bonds. The van der Waals surface area contributed by atoms with Gasteiger partial charge in [-0.3, -0.25) is 8.97 Å². The Morgan fingerprint density at radius 3 is 2.82 bits per heavy atom. The summed E-state index contributed by atoms with van der Waals surface area (Å²) in [5, 5.41) is 8.71. The lowest BCUT2D eigenvalue weighted by atomic mass is 10.00. The summed E-state index contributed by atoms with van der Waals surface area (Å²) >= 11 is 13.2. The Hall–Kier alpha value is -3.75. The molecule has 0 saturated heterocycles. The normalized spacial score (nSPS) is 15.3. The first-order valence-electron chi connectivity index (χ1n) is 12.3.